The fraction of sp³-hybridized carbons (Fsp3) is 1.00. The summed E-state index contributed by atoms with van der Waals surface area (Å²) in [5.41, 5.74) is 0. The van der Waals surface area contributed by atoms with Gasteiger partial charge in [0, 0.05) is 10.2 Å². The van der Waals surface area contributed by atoms with Crippen molar-refractivity contribution in [2.45, 2.75) is 4.83 Å². The molecule has 0 saturated heterocycles. The maximum atomic E-state index is 8.30. The largest absolute Gasteiger partial charge is 0.394 e. The first-order valence-electron chi connectivity index (χ1n) is 2.70. The molecule has 0 aliphatic rings. The molecule has 4 heteroatoms. The second-order valence-electron chi connectivity index (χ2n) is 1.55. The van der Waals surface area contributed by atoms with Crippen LogP contribution in [0.4, 0.5) is 0 Å². The molecule has 0 aromatic heterocycles. The summed E-state index contributed by atoms with van der Waals surface area (Å²) in [4.78, 5) is 0.351. The molecule has 0 aliphatic heterocycles. The average molecular weight is 262 g/mol. The Morgan fingerprint density at radius 3 is 2.67 bits per heavy atom. The van der Waals surface area contributed by atoms with Gasteiger partial charge in [-0.1, -0.05) is 31.9 Å². The van der Waals surface area contributed by atoms with Crippen molar-refractivity contribution >= 4 is 31.9 Å². The van der Waals surface area contributed by atoms with E-state index >= 15 is 0 Å². The van der Waals surface area contributed by atoms with Crippen LogP contribution >= 0.6 is 31.9 Å². The lowest BCUT2D eigenvalue weighted by Crippen LogP contribution is -2.11. The second-order valence-corrected chi connectivity index (χ2v) is 3.49. The van der Waals surface area contributed by atoms with Gasteiger partial charge in [0.1, 0.15) is 0 Å². The minimum atomic E-state index is 0.0992. The number of hydrogen-bond donors (Lipinski definition) is 1. The summed E-state index contributed by atoms with van der Waals surface area (Å²) in [6.45, 7) is 1.17. The molecule has 1 atom stereocenters. The third-order valence-electron chi connectivity index (χ3n) is 0.702. The van der Waals surface area contributed by atoms with Crippen molar-refractivity contribution < 1.29 is 9.84 Å². The molecule has 2 nitrogen and oxygen atoms in total. The smallest absolute Gasteiger partial charge is 0.0698 e. The molecule has 1 N–H and O–H groups in total. The van der Waals surface area contributed by atoms with Crippen LogP contribution in [0.5, 0.6) is 0 Å². The summed E-state index contributed by atoms with van der Waals surface area (Å²) in [5, 5.41) is 9.17. The summed E-state index contributed by atoms with van der Waals surface area (Å²) in [5.74, 6) is 0. The molecule has 1 unspecified atom stereocenters. The van der Waals surface area contributed by atoms with Crippen LogP contribution in [0.1, 0.15) is 0 Å². The van der Waals surface area contributed by atoms with Crippen LogP contribution in [0.25, 0.3) is 0 Å². The van der Waals surface area contributed by atoms with Crippen molar-refractivity contribution in [3.63, 3.8) is 0 Å². The van der Waals surface area contributed by atoms with Crippen molar-refractivity contribution in [3.8, 4) is 0 Å². The number of hydrogen-bond acceptors (Lipinski definition) is 2. The monoisotopic (exact) mass is 260 g/mol. The van der Waals surface area contributed by atoms with Crippen LogP contribution in [0.3, 0.4) is 0 Å². The Hall–Kier alpha value is 0.880. The topological polar surface area (TPSA) is 29.5 Å². The Balaban J connectivity index is 2.88. The number of aliphatic hydroxyl groups is 1. The van der Waals surface area contributed by atoms with Gasteiger partial charge in [0.2, 0.25) is 0 Å². The maximum Gasteiger partial charge on any atom is 0.0698 e. The van der Waals surface area contributed by atoms with Gasteiger partial charge in [0.25, 0.3) is 0 Å². The molecule has 0 rings (SSSR count). The van der Waals surface area contributed by atoms with E-state index in [0.717, 1.165) is 5.33 Å². The van der Waals surface area contributed by atoms with Crippen LogP contribution in [0.2, 0.25) is 0 Å². The zero-order chi connectivity index (χ0) is 7.11. The van der Waals surface area contributed by atoms with Crippen LogP contribution in [-0.4, -0.2) is 35.1 Å². The van der Waals surface area contributed by atoms with Gasteiger partial charge in [0.15, 0.2) is 0 Å². The highest BCUT2D eigenvalue weighted by Crippen LogP contribution is 2.02. The van der Waals surface area contributed by atoms with Gasteiger partial charge in [-0.3, -0.25) is 0 Å². The van der Waals surface area contributed by atoms with Crippen LogP contribution in [-0.2, 0) is 4.74 Å². The molecule has 0 bridgehead atoms. The predicted octanol–water partition coefficient (Wildman–Crippen LogP) is 1.15. The summed E-state index contributed by atoms with van der Waals surface area (Å²) >= 11 is 6.63. The third kappa shape index (κ3) is 6.77. The lowest BCUT2D eigenvalue weighted by atomic mass is 10.5. The van der Waals surface area contributed by atoms with Gasteiger partial charge in [0.05, 0.1) is 19.8 Å². The molecule has 0 amide bonds. The van der Waals surface area contributed by atoms with E-state index in [1.54, 1.807) is 0 Å². The first-order valence-corrected chi connectivity index (χ1v) is 4.73. The number of aliphatic hydroxyl groups excluding tert-OH is 1. The Morgan fingerprint density at radius 1 is 1.56 bits per heavy atom. The van der Waals surface area contributed by atoms with Crippen LogP contribution in [0, 0.1) is 0 Å². The van der Waals surface area contributed by atoms with Crippen molar-refractivity contribution in [2.24, 2.45) is 0 Å². The molecular weight excluding hydrogens is 252 g/mol. The number of alkyl halides is 2. The Labute approximate surface area is 71.8 Å². The highest BCUT2D eigenvalue weighted by molar-refractivity contribution is 9.12. The quantitative estimate of drug-likeness (QED) is 0.595. The second kappa shape index (κ2) is 6.99. The van der Waals surface area contributed by atoms with Crippen molar-refractivity contribution in [2.75, 3.05) is 25.2 Å². The zero-order valence-corrected chi connectivity index (χ0v) is 8.19. The van der Waals surface area contributed by atoms with Crippen molar-refractivity contribution in [1.29, 1.82) is 0 Å². The van der Waals surface area contributed by atoms with Gasteiger partial charge in [-0.05, 0) is 0 Å². The Morgan fingerprint density at radius 2 is 2.22 bits per heavy atom. The normalized spacial score (nSPS) is 13.7. The molecule has 0 heterocycles. The lowest BCUT2D eigenvalue weighted by molar-refractivity contribution is 0.0961. The van der Waals surface area contributed by atoms with Gasteiger partial charge in [-0.25, -0.2) is 0 Å². The Kier molecular flexibility index (Phi) is 7.68. The van der Waals surface area contributed by atoms with E-state index in [0.29, 0.717) is 18.0 Å². The third-order valence-corrected chi connectivity index (χ3v) is 2.94. The highest BCUT2D eigenvalue weighted by atomic mass is 79.9. The fourth-order valence-electron chi connectivity index (χ4n) is 0.320. The van der Waals surface area contributed by atoms with Crippen molar-refractivity contribution in [1.82, 2.24) is 0 Å². The standard InChI is InChI=1S/C5H10Br2O2/c6-3-5(7)4-9-2-1-8/h5,8H,1-4H2. The van der Waals surface area contributed by atoms with E-state index in [1.165, 1.54) is 0 Å². The van der Waals surface area contributed by atoms with Gasteiger partial charge in [-0.2, -0.15) is 0 Å². The Bertz CT molecular complexity index is 60.9. The lowest BCUT2D eigenvalue weighted by Gasteiger charge is -2.04. The van der Waals surface area contributed by atoms with Gasteiger partial charge < -0.3 is 9.84 Å². The molecule has 0 aliphatic carbocycles. The van der Waals surface area contributed by atoms with Gasteiger partial charge in [-0.15, -0.1) is 0 Å². The van der Waals surface area contributed by atoms with Gasteiger partial charge >= 0.3 is 0 Å². The van der Waals surface area contributed by atoms with E-state index in [4.69, 9.17) is 9.84 Å². The van der Waals surface area contributed by atoms with Crippen molar-refractivity contribution in [3.05, 3.63) is 0 Å². The first kappa shape index (κ1) is 9.88. The van der Waals surface area contributed by atoms with E-state index in [2.05, 4.69) is 31.9 Å². The fourth-order valence-corrected chi connectivity index (χ4v) is 0.694. The first-order chi connectivity index (χ1) is 4.31. The SMILES string of the molecule is OCCOCC(Br)CBr. The minimum Gasteiger partial charge on any atom is -0.394 e. The average Bonchev–Trinajstić information content (AvgIpc) is 1.89. The van der Waals surface area contributed by atoms with E-state index in [9.17, 15) is 0 Å². The van der Waals surface area contributed by atoms with E-state index in [1.807, 2.05) is 0 Å². The minimum absolute atomic E-state index is 0.0992. The molecule has 0 spiro atoms. The molecule has 56 valence electrons. The van der Waals surface area contributed by atoms with E-state index in [-0.39, 0.29) is 6.61 Å². The molecule has 9 heavy (non-hydrogen) atoms. The summed E-state index contributed by atoms with van der Waals surface area (Å²) in [7, 11) is 0. The summed E-state index contributed by atoms with van der Waals surface area (Å²) in [6.07, 6.45) is 0. The molecule has 0 aromatic carbocycles. The molecule has 0 saturated carbocycles. The van der Waals surface area contributed by atoms with Crippen LogP contribution in [0.15, 0.2) is 0 Å². The molecular formula is C5H10Br2O2. The summed E-state index contributed by atoms with van der Waals surface area (Å²) in [6, 6.07) is 0. The highest BCUT2D eigenvalue weighted by Gasteiger charge is 1.99. The number of halogens is 2. The maximum absolute atomic E-state index is 8.30. The number of ether oxygens (including phenoxy) is 1. The zero-order valence-electron chi connectivity index (χ0n) is 5.02. The van der Waals surface area contributed by atoms with E-state index < -0.39 is 0 Å². The predicted molar refractivity (Wildman–Crippen MR) is 44.4 cm³/mol. The molecule has 0 radical (unpaired) electrons. The van der Waals surface area contributed by atoms with Crippen LogP contribution < -0.4 is 0 Å². The number of rotatable bonds is 5. The summed E-state index contributed by atoms with van der Waals surface area (Å²) < 4.78 is 5.01. The molecule has 0 aromatic rings. The molecule has 0 fully saturated rings.